The fraction of sp³-hybridized carbons (Fsp3) is 0.353. The second kappa shape index (κ2) is 6.74. The van der Waals surface area contributed by atoms with Crippen molar-refractivity contribution < 1.29 is 4.79 Å². The summed E-state index contributed by atoms with van der Waals surface area (Å²) in [5.74, 6) is 0.387. The molecule has 1 aromatic carbocycles. The zero-order chi connectivity index (χ0) is 17.1. The Morgan fingerprint density at radius 2 is 2.17 bits per heavy atom. The first-order valence-corrected chi connectivity index (χ1v) is 8.11. The van der Waals surface area contributed by atoms with Crippen molar-refractivity contribution in [1.29, 1.82) is 0 Å². The molecular formula is C17H22N6O. The number of hydrogen-bond acceptors (Lipinski definition) is 6. The molecule has 0 bridgehead atoms. The van der Waals surface area contributed by atoms with Crippen LogP contribution in [-0.4, -0.2) is 28.5 Å². The van der Waals surface area contributed by atoms with E-state index < -0.39 is 5.91 Å². The number of hydrogen-bond donors (Lipinski definition) is 4. The maximum Gasteiger partial charge on any atom is 0.254 e. The Bertz CT molecular complexity index is 757. The smallest absolute Gasteiger partial charge is 0.254 e. The second-order valence-electron chi connectivity index (χ2n) is 5.92. The number of nitrogens with one attached hydrogen (secondary N) is 3. The summed E-state index contributed by atoms with van der Waals surface area (Å²) >= 11 is 0. The number of nitrogens with zero attached hydrogens (tertiary/aromatic N) is 2. The Kier molecular flexibility index (Phi) is 4.50. The molecule has 1 aliphatic carbocycles. The SMILES string of the molecule is CCNc1ccc(Nc2ncc(C(N)=O)c(NC3CC3)n2)cc1C. The summed E-state index contributed by atoms with van der Waals surface area (Å²) in [7, 11) is 0. The van der Waals surface area contributed by atoms with Gasteiger partial charge in [-0.1, -0.05) is 0 Å². The Hall–Kier alpha value is -2.83. The van der Waals surface area contributed by atoms with E-state index in [1.165, 1.54) is 6.20 Å². The topological polar surface area (TPSA) is 105 Å². The van der Waals surface area contributed by atoms with Crippen LogP contribution in [0.3, 0.4) is 0 Å². The number of amides is 1. The Balaban J connectivity index is 1.81. The van der Waals surface area contributed by atoms with Gasteiger partial charge in [-0.25, -0.2) is 4.98 Å². The summed E-state index contributed by atoms with van der Waals surface area (Å²) in [5, 5.41) is 9.70. The molecule has 0 radical (unpaired) electrons. The number of benzene rings is 1. The van der Waals surface area contributed by atoms with Crippen LogP contribution < -0.4 is 21.7 Å². The highest BCUT2D eigenvalue weighted by molar-refractivity contribution is 5.97. The first-order valence-electron chi connectivity index (χ1n) is 8.11. The highest BCUT2D eigenvalue weighted by Crippen LogP contribution is 2.27. The lowest BCUT2D eigenvalue weighted by molar-refractivity contribution is 0.100. The zero-order valence-electron chi connectivity index (χ0n) is 13.9. The molecule has 0 unspecified atom stereocenters. The molecule has 1 saturated carbocycles. The van der Waals surface area contributed by atoms with E-state index in [0.29, 0.717) is 23.4 Å². The van der Waals surface area contributed by atoms with Crippen LogP contribution in [0, 0.1) is 6.92 Å². The predicted octanol–water partition coefficient (Wildman–Crippen LogP) is 2.63. The first-order chi connectivity index (χ1) is 11.6. The van der Waals surface area contributed by atoms with Gasteiger partial charge in [-0.15, -0.1) is 0 Å². The van der Waals surface area contributed by atoms with Crippen molar-refractivity contribution >= 4 is 29.0 Å². The normalized spacial score (nSPS) is 13.4. The monoisotopic (exact) mass is 326 g/mol. The van der Waals surface area contributed by atoms with Gasteiger partial charge in [-0.05, 0) is 50.5 Å². The van der Waals surface area contributed by atoms with E-state index in [-0.39, 0.29) is 0 Å². The van der Waals surface area contributed by atoms with E-state index in [0.717, 1.165) is 36.3 Å². The van der Waals surface area contributed by atoms with Crippen molar-refractivity contribution in [3.8, 4) is 0 Å². The van der Waals surface area contributed by atoms with E-state index >= 15 is 0 Å². The number of aryl methyl sites for hydroxylation is 1. The van der Waals surface area contributed by atoms with Crippen molar-refractivity contribution in [1.82, 2.24) is 9.97 Å². The highest BCUT2D eigenvalue weighted by Gasteiger charge is 2.24. The van der Waals surface area contributed by atoms with E-state index in [1.807, 2.05) is 25.1 Å². The van der Waals surface area contributed by atoms with E-state index in [4.69, 9.17) is 5.73 Å². The van der Waals surface area contributed by atoms with Crippen LogP contribution in [0.2, 0.25) is 0 Å². The minimum atomic E-state index is -0.532. The predicted molar refractivity (Wildman–Crippen MR) is 95.8 cm³/mol. The molecule has 0 atom stereocenters. The number of rotatable bonds is 7. The first kappa shape index (κ1) is 16.0. The molecule has 1 fully saturated rings. The second-order valence-corrected chi connectivity index (χ2v) is 5.92. The molecule has 0 saturated heterocycles. The quantitative estimate of drug-likeness (QED) is 0.623. The Morgan fingerprint density at radius 1 is 1.38 bits per heavy atom. The molecule has 1 heterocycles. The third-order valence-corrected chi connectivity index (χ3v) is 3.82. The van der Waals surface area contributed by atoms with Gasteiger partial charge >= 0.3 is 0 Å². The van der Waals surface area contributed by atoms with Crippen molar-refractivity contribution in [2.24, 2.45) is 5.73 Å². The Labute approximate surface area is 141 Å². The molecule has 7 nitrogen and oxygen atoms in total. The summed E-state index contributed by atoms with van der Waals surface area (Å²) in [6, 6.07) is 6.37. The van der Waals surface area contributed by atoms with E-state index in [2.05, 4.69) is 32.8 Å². The fourth-order valence-corrected chi connectivity index (χ4v) is 2.41. The van der Waals surface area contributed by atoms with Crippen LogP contribution in [0.1, 0.15) is 35.7 Å². The minimum absolute atomic E-state index is 0.311. The lowest BCUT2D eigenvalue weighted by atomic mass is 10.2. The van der Waals surface area contributed by atoms with Gasteiger partial charge in [0.15, 0.2) is 0 Å². The van der Waals surface area contributed by atoms with Crippen LogP contribution >= 0.6 is 0 Å². The number of anilines is 4. The van der Waals surface area contributed by atoms with E-state index in [9.17, 15) is 4.79 Å². The van der Waals surface area contributed by atoms with Crippen molar-refractivity contribution in [3.63, 3.8) is 0 Å². The van der Waals surface area contributed by atoms with Gasteiger partial charge in [-0.2, -0.15) is 4.98 Å². The number of primary amides is 1. The van der Waals surface area contributed by atoms with Gasteiger partial charge in [0.05, 0.1) is 5.56 Å². The average molecular weight is 326 g/mol. The fourth-order valence-electron chi connectivity index (χ4n) is 2.41. The number of aromatic nitrogens is 2. The molecule has 1 aliphatic rings. The van der Waals surface area contributed by atoms with E-state index in [1.54, 1.807) is 0 Å². The Morgan fingerprint density at radius 3 is 2.79 bits per heavy atom. The molecule has 2 aromatic rings. The molecule has 0 aliphatic heterocycles. The van der Waals surface area contributed by atoms with Gasteiger partial charge < -0.3 is 21.7 Å². The molecule has 3 rings (SSSR count). The van der Waals surface area contributed by atoms with Crippen molar-refractivity contribution in [3.05, 3.63) is 35.5 Å². The summed E-state index contributed by atoms with van der Waals surface area (Å²) in [4.78, 5) is 20.1. The van der Waals surface area contributed by atoms with Crippen molar-refractivity contribution in [2.75, 3.05) is 22.5 Å². The maximum absolute atomic E-state index is 11.5. The zero-order valence-corrected chi connectivity index (χ0v) is 13.9. The lowest BCUT2D eigenvalue weighted by Gasteiger charge is -2.12. The summed E-state index contributed by atoms with van der Waals surface area (Å²) in [5.41, 5.74) is 8.82. The van der Waals surface area contributed by atoms with Crippen molar-refractivity contribution in [2.45, 2.75) is 32.7 Å². The van der Waals surface area contributed by atoms with Gasteiger partial charge in [0.2, 0.25) is 5.95 Å². The molecule has 1 aromatic heterocycles. The third kappa shape index (κ3) is 3.73. The maximum atomic E-state index is 11.5. The van der Waals surface area contributed by atoms with Crippen LogP contribution in [0.25, 0.3) is 0 Å². The minimum Gasteiger partial charge on any atom is -0.385 e. The molecule has 126 valence electrons. The lowest BCUT2D eigenvalue weighted by Crippen LogP contribution is -2.17. The van der Waals surface area contributed by atoms with Crippen LogP contribution in [0.15, 0.2) is 24.4 Å². The van der Waals surface area contributed by atoms with Crippen LogP contribution in [0.5, 0.6) is 0 Å². The number of nitrogens with two attached hydrogens (primary N) is 1. The molecule has 24 heavy (non-hydrogen) atoms. The summed E-state index contributed by atoms with van der Waals surface area (Å²) < 4.78 is 0. The highest BCUT2D eigenvalue weighted by atomic mass is 16.1. The van der Waals surface area contributed by atoms with Gasteiger partial charge in [0.1, 0.15) is 5.82 Å². The standard InChI is InChI=1S/C17H22N6O/c1-3-19-14-7-6-12(8-10(14)2)22-17-20-9-13(15(18)24)16(23-17)21-11-4-5-11/h6-9,11,19H,3-5H2,1-2H3,(H2,18,24)(H2,20,21,22,23). The van der Waals surface area contributed by atoms with Crippen LogP contribution in [0.4, 0.5) is 23.1 Å². The summed E-state index contributed by atoms with van der Waals surface area (Å²) in [6.45, 7) is 4.98. The molecule has 5 N–H and O–H groups in total. The van der Waals surface area contributed by atoms with Gasteiger partial charge in [0, 0.05) is 30.2 Å². The largest absolute Gasteiger partial charge is 0.385 e. The number of carbonyl (C=O) groups excluding carboxylic acids is 1. The van der Waals surface area contributed by atoms with Crippen LogP contribution in [-0.2, 0) is 0 Å². The molecule has 0 spiro atoms. The average Bonchev–Trinajstić information content (AvgIpc) is 3.34. The van der Waals surface area contributed by atoms with Gasteiger partial charge in [-0.3, -0.25) is 4.79 Å². The number of carbonyl (C=O) groups is 1. The third-order valence-electron chi connectivity index (χ3n) is 3.82. The molecule has 7 heteroatoms. The molecule has 1 amide bonds. The molecular weight excluding hydrogens is 304 g/mol. The van der Waals surface area contributed by atoms with Gasteiger partial charge in [0.25, 0.3) is 5.91 Å². The summed E-state index contributed by atoms with van der Waals surface area (Å²) in [6.07, 6.45) is 3.62.